The number of carbonyl (C=O) groups excluding carboxylic acids is 2. The maximum atomic E-state index is 14.6. The highest BCUT2D eigenvalue weighted by Gasteiger charge is 2.31. The molecule has 6 heterocycles. The van der Waals surface area contributed by atoms with Crippen LogP contribution in [0.1, 0.15) is 59.2 Å². The number of ether oxygens (including phenoxy) is 4. The van der Waals surface area contributed by atoms with Crippen molar-refractivity contribution in [1.29, 1.82) is 0 Å². The van der Waals surface area contributed by atoms with Gasteiger partial charge in [0.15, 0.2) is 16.7 Å². The molecule has 428 valence electrons. The van der Waals surface area contributed by atoms with E-state index in [1.807, 2.05) is 30.6 Å². The number of piperazine rings is 3. The van der Waals surface area contributed by atoms with Crippen LogP contribution in [-0.4, -0.2) is 157 Å². The number of benzene rings is 3. The molecule has 2 amide bonds. The van der Waals surface area contributed by atoms with Gasteiger partial charge in [-0.25, -0.2) is 37.7 Å². The van der Waals surface area contributed by atoms with Crippen molar-refractivity contribution in [3.8, 4) is 0 Å². The molecule has 78 heavy (non-hydrogen) atoms. The number of aromatic nitrogens is 3. The number of halogens is 9. The number of nitrogens with one attached hydrogen (secondary N) is 1. The van der Waals surface area contributed by atoms with Gasteiger partial charge in [0.05, 0.1) is 17.1 Å². The van der Waals surface area contributed by atoms with Crippen LogP contribution >= 0.6 is 0 Å². The molecule has 3 aromatic carbocycles. The molecule has 0 atom stereocenters. The van der Waals surface area contributed by atoms with Crippen molar-refractivity contribution in [1.82, 2.24) is 30.1 Å². The first-order valence-corrected chi connectivity index (χ1v) is 24.7. The largest absolute Gasteiger partial charge is 0.444 e. The van der Waals surface area contributed by atoms with Crippen LogP contribution in [0, 0.1) is 17.5 Å². The third kappa shape index (κ3) is 16.6. The van der Waals surface area contributed by atoms with E-state index >= 15 is 0 Å². The van der Waals surface area contributed by atoms with Crippen molar-refractivity contribution < 1.29 is 86.4 Å². The van der Waals surface area contributed by atoms with Crippen molar-refractivity contribution >= 4 is 62.5 Å². The van der Waals surface area contributed by atoms with Gasteiger partial charge in [-0.1, -0.05) is 0 Å². The number of anilines is 3. The Bertz CT molecular complexity index is 2990. The Morgan fingerprint density at radius 2 is 0.846 bits per heavy atom. The predicted molar refractivity (Wildman–Crippen MR) is 264 cm³/mol. The minimum Gasteiger partial charge on any atom is -0.444 e. The summed E-state index contributed by atoms with van der Waals surface area (Å²) in [7, 11) is 0. The van der Waals surface area contributed by atoms with Gasteiger partial charge in [-0.05, 0) is 41.5 Å². The summed E-state index contributed by atoms with van der Waals surface area (Å²) in [6.45, 7) is 13.0. The molecule has 3 aliphatic rings. The fourth-order valence-corrected chi connectivity index (χ4v) is 8.20. The maximum Gasteiger partial charge on any atom is 0.411 e. The monoisotopic (exact) mass is 1120 g/mol. The van der Waals surface area contributed by atoms with E-state index in [4.69, 9.17) is 27.8 Å². The molecule has 3 saturated heterocycles. The molecule has 0 aliphatic carbocycles. The average molecular weight is 1120 g/mol. The van der Waals surface area contributed by atoms with E-state index in [1.54, 1.807) is 41.5 Å². The van der Waals surface area contributed by atoms with Crippen molar-refractivity contribution in [3.63, 3.8) is 0 Å². The van der Waals surface area contributed by atoms with Crippen LogP contribution in [0.15, 0.2) is 49.6 Å². The molecule has 0 radical (unpaired) electrons. The molecule has 0 unspecified atom stereocenters. The Labute approximate surface area is 441 Å². The topological polar surface area (TPSA) is 198 Å². The van der Waals surface area contributed by atoms with Gasteiger partial charge in [0.1, 0.15) is 78.2 Å². The van der Waals surface area contributed by atoms with Gasteiger partial charge in [0, 0.05) is 115 Å². The normalized spacial score (nSPS) is 15.9. The minimum atomic E-state index is -4.45. The Morgan fingerprint density at radius 3 is 1.17 bits per heavy atom. The molecule has 9 rings (SSSR count). The molecule has 3 aliphatic heterocycles. The lowest BCUT2D eigenvalue weighted by atomic mass is 10.2. The lowest BCUT2D eigenvalue weighted by Crippen LogP contribution is -2.50. The van der Waals surface area contributed by atoms with Crippen molar-refractivity contribution in [2.75, 3.05) is 106 Å². The molecular formula is C50H60F9N9O10. The van der Waals surface area contributed by atoms with Gasteiger partial charge in [-0.2, -0.15) is 26.3 Å². The maximum absolute atomic E-state index is 14.6. The van der Waals surface area contributed by atoms with Crippen molar-refractivity contribution in [3.05, 3.63) is 71.5 Å². The summed E-state index contributed by atoms with van der Waals surface area (Å²) in [5, 5.41) is 12.3. The Balaban J connectivity index is 0.000000171. The van der Waals surface area contributed by atoms with Crippen molar-refractivity contribution in [2.45, 2.75) is 84.9 Å². The predicted octanol–water partition coefficient (Wildman–Crippen LogP) is 9.07. The number of oxazole rings is 3. The standard InChI is InChI=1S/C19H23F4N3O4.C17H22FN3O4.C14H15F4N3O2/c1-18(2,3)30-17(27)26-6-4-25(5-7-26)14-9-15-13(8-12(14)20)24-16(29-15)10-28-11-19(21,22)23;1-17(2,3)25-16(23)21-6-4-20(5-7-21)13-9-14-12(8-11(13)18)19-15(10-22)24-14;15-9-5-10-12(6-11(9)21-3-1-19-2-4-21)23-13(20-10)7-22-8-14(16,17)18/h8-9H,4-7,10-11H2,1-3H3;8-9,22H,4-7,10H2,1-3H3;5-6,19H,1-4,7-8H2. The summed E-state index contributed by atoms with van der Waals surface area (Å²) in [4.78, 5) is 44.9. The third-order valence-electron chi connectivity index (χ3n) is 11.6. The van der Waals surface area contributed by atoms with Gasteiger partial charge >= 0.3 is 24.5 Å². The molecule has 3 aromatic heterocycles. The van der Waals surface area contributed by atoms with Crippen LogP contribution < -0.4 is 20.0 Å². The van der Waals surface area contributed by atoms with Crippen LogP contribution in [0.4, 0.5) is 66.2 Å². The second kappa shape index (κ2) is 24.5. The van der Waals surface area contributed by atoms with Gasteiger partial charge in [0.25, 0.3) is 0 Å². The van der Waals surface area contributed by atoms with E-state index in [9.17, 15) is 49.1 Å². The van der Waals surface area contributed by atoms with Crippen LogP contribution in [0.5, 0.6) is 0 Å². The van der Waals surface area contributed by atoms with Gasteiger partial charge < -0.3 is 67.1 Å². The number of nitrogens with zero attached hydrogens (tertiary/aromatic N) is 8. The number of aliphatic hydroxyl groups excluding tert-OH is 1. The van der Waals surface area contributed by atoms with Crippen LogP contribution in [0.3, 0.4) is 0 Å². The lowest BCUT2D eigenvalue weighted by Gasteiger charge is -2.36. The number of fused-ring (bicyclic) bond motifs is 3. The zero-order valence-corrected chi connectivity index (χ0v) is 43.6. The summed E-state index contributed by atoms with van der Waals surface area (Å²) in [5.74, 6) is -1.31. The highest BCUT2D eigenvalue weighted by Crippen LogP contribution is 2.31. The number of rotatable bonds is 10. The van der Waals surface area contributed by atoms with Crippen LogP contribution in [0.2, 0.25) is 0 Å². The summed E-state index contributed by atoms with van der Waals surface area (Å²) in [6.07, 6.45) is -9.64. The fraction of sp³-hybridized carbons (Fsp3) is 0.540. The molecule has 6 aromatic rings. The second-order valence-corrected chi connectivity index (χ2v) is 20.2. The van der Waals surface area contributed by atoms with Crippen molar-refractivity contribution in [2.24, 2.45) is 0 Å². The van der Waals surface area contributed by atoms with E-state index in [1.165, 1.54) is 30.3 Å². The number of carbonyl (C=O) groups is 2. The third-order valence-corrected chi connectivity index (χ3v) is 11.6. The van der Waals surface area contributed by atoms with Gasteiger partial charge in [0.2, 0.25) is 17.7 Å². The molecular weight excluding hydrogens is 1060 g/mol. The van der Waals surface area contributed by atoms with E-state index in [0.29, 0.717) is 93.5 Å². The van der Waals surface area contributed by atoms with E-state index < -0.39 is 73.5 Å². The minimum absolute atomic E-state index is 0.0129. The Hall–Kier alpha value is -6.78. The summed E-state index contributed by atoms with van der Waals surface area (Å²) < 4.78 is 152. The highest BCUT2D eigenvalue weighted by molar-refractivity contribution is 5.80. The molecule has 0 spiro atoms. The molecule has 0 saturated carbocycles. The molecule has 2 N–H and O–H groups in total. The number of hydrogen-bond acceptors (Lipinski definition) is 17. The first-order chi connectivity index (χ1) is 36.6. The Kier molecular flexibility index (Phi) is 18.5. The van der Waals surface area contributed by atoms with E-state index in [-0.39, 0.29) is 52.7 Å². The first-order valence-electron chi connectivity index (χ1n) is 24.7. The van der Waals surface area contributed by atoms with E-state index in [0.717, 1.165) is 13.1 Å². The van der Waals surface area contributed by atoms with Crippen LogP contribution in [-0.2, 0) is 38.8 Å². The highest BCUT2D eigenvalue weighted by atomic mass is 19.4. The number of alkyl halides is 6. The smallest absolute Gasteiger partial charge is 0.411 e. The summed E-state index contributed by atoms with van der Waals surface area (Å²) in [6, 6.07) is 8.25. The zero-order chi connectivity index (χ0) is 56.7. The van der Waals surface area contributed by atoms with Gasteiger partial charge in [-0.3, -0.25) is 0 Å². The van der Waals surface area contributed by atoms with E-state index in [2.05, 4.69) is 29.7 Å². The number of amides is 2. The molecule has 0 bridgehead atoms. The summed E-state index contributed by atoms with van der Waals surface area (Å²) >= 11 is 0. The quantitative estimate of drug-likeness (QED) is 0.123. The number of aliphatic hydroxyl groups is 1. The zero-order valence-electron chi connectivity index (χ0n) is 43.6. The number of hydrogen-bond donors (Lipinski definition) is 2. The Morgan fingerprint density at radius 1 is 0.526 bits per heavy atom. The lowest BCUT2D eigenvalue weighted by molar-refractivity contribution is -0.178. The average Bonchev–Trinajstić information content (AvgIpc) is 4.09. The fourth-order valence-electron chi connectivity index (χ4n) is 8.20. The SMILES string of the molecule is CC(C)(C)OC(=O)N1CCN(c2cc3oc(CO)nc3cc2F)CC1.CC(C)(C)OC(=O)N1CCN(c2cc3oc(COCC(F)(F)F)nc3cc2F)CC1.Fc1cc2nc(COCC(F)(F)F)oc2cc1N1CCNCC1. The molecule has 28 heteroatoms. The summed E-state index contributed by atoms with van der Waals surface area (Å²) in [5.41, 5.74) is 1.74. The molecule has 19 nitrogen and oxygen atoms in total. The van der Waals surface area contributed by atoms with Crippen LogP contribution in [0.25, 0.3) is 33.3 Å². The van der Waals surface area contributed by atoms with Gasteiger partial charge in [-0.15, -0.1) is 0 Å². The second-order valence-electron chi connectivity index (χ2n) is 20.2. The molecule has 3 fully saturated rings. The first kappa shape index (κ1) is 58.9.